The van der Waals surface area contributed by atoms with Crippen molar-refractivity contribution < 1.29 is 18.1 Å². The standard InChI is InChI=1S/C4H11NO4S/c1-4(6)3-5(2)10(7,8)9/h4,6H,3H2,1-2H3,(H,7,8,9). The number of nitrogens with zero attached hydrogens (tertiary/aromatic N) is 1. The Kier molecular flexibility index (Phi) is 3.23. The summed E-state index contributed by atoms with van der Waals surface area (Å²) in [6, 6.07) is 0. The van der Waals surface area contributed by atoms with Crippen molar-refractivity contribution in [3.8, 4) is 0 Å². The van der Waals surface area contributed by atoms with E-state index in [1.54, 1.807) is 0 Å². The van der Waals surface area contributed by atoms with Crippen molar-refractivity contribution in [2.24, 2.45) is 0 Å². The highest BCUT2D eigenvalue weighted by atomic mass is 32.2. The molecule has 0 aliphatic rings. The molecule has 6 heteroatoms. The van der Waals surface area contributed by atoms with Gasteiger partial charge in [0.2, 0.25) is 0 Å². The molecule has 0 aliphatic carbocycles. The second kappa shape index (κ2) is 3.29. The summed E-state index contributed by atoms with van der Waals surface area (Å²) >= 11 is 0. The maximum Gasteiger partial charge on any atom is 0.335 e. The summed E-state index contributed by atoms with van der Waals surface area (Å²) in [4.78, 5) is 0. The molecule has 0 rings (SSSR count). The van der Waals surface area contributed by atoms with Crippen molar-refractivity contribution in [2.45, 2.75) is 13.0 Å². The van der Waals surface area contributed by atoms with Gasteiger partial charge in [-0.1, -0.05) is 0 Å². The lowest BCUT2D eigenvalue weighted by molar-refractivity contribution is 0.167. The van der Waals surface area contributed by atoms with Gasteiger partial charge in [-0.2, -0.15) is 12.7 Å². The van der Waals surface area contributed by atoms with Crippen LogP contribution in [-0.4, -0.2) is 42.1 Å². The van der Waals surface area contributed by atoms with Crippen LogP contribution in [0.25, 0.3) is 0 Å². The molecular formula is C4H11NO4S. The Morgan fingerprint density at radius 2 is 2.00 bits per heavy atom. The van der Waals surface area contributed by atoms with Gasteiger partial charge in [0.05, 0.1) is 6.10 Å². The van der Waals surface area contributed by atoms with Gasteiger partial charge in [-0.05, 0) is 6.92 Å². The third-order valence-corrected chi connectivity index (χ3v) is 1.85. The molecule has 0 spiro atoms. The first-order valence-corrected chi connectivity index (χ1v) is 4.10. The zero-order valence-corrected chi connectivity index (χ0v) is 6.67. The van der Waals surface area contributed by atoms with Gasteiger partial charge in [0.1, 0.15) is 0 Å². The monoisotopic (exact) mass is 169 g/mol. The van der Waals surface area contributed by atoms with E-state index in [2.05, 4.69) is 0 Å². The highest BCUT2D eigenvalue weighted by Crippen LogP contribution is 1.93. The molecule has 0 amide bonds. The molecule has 0 saturated heterocycles. The Labute approximate surface area is 60.2 Å². The molecule has 0 aromatic rings. The van der Waals surface area contributed by atoms with E-state index in [0.29, 0.717) is 4.31 Å². The molecule has 1 atom stereocenters. The minimum Gasteiger partial charge on any atom is -0.392 e. The first kappa shape index (κ1) is 9.83. The second-order valence-electron chi connectivity index (χ2n) is 2.11. The Morgan fingerprint density at radius 3 is 2.10 bits per heavy atom. The summed E-state index contributed by atoms with van der Waals surface area (Å²) in [5.41, 5.74) is 0. The molecule has 0 aromatic carbocycles. The molecule has 0 heterocycles. The summed E-state index contributed by atoms with van der Waals surface area (Å²) in [5.74, 6) is 0. The van der Waals surface area contributed by atoms with E-state index >= 15 is 0 Å². The Bertz CT molecular complexity index is 185. The first-order valence-electron chi connectivity index (χ1n) is 2.71. The fourth-order valence-corrected chi connectivity index (χ4v) is 0.870. The average Bonchev–Trinajstić information content (AvgIpc) is 1.60. The summed E-state index contributed by atoms with van der Waals surface area (Å²) in [7, 11) is -2.94. The van der Waals surface area contributed by atoms with Crippen LogP contribution in [0.1, 0.15) is 6.92 Å². The van der Waals surface area contributed by atoms with Gasteiger partial charge in [0.15, 0.2) is 0 Å². The Balaban J connectivity index is 3.99. The van der Waals surface area contributed by atoms with Crippen LogP contribution in [0.2, 0.25) is 0 Å². The lowest BCUT2D eigenvalue weighted by Crippen LogP contribution is -2.32. The minimum atomic E-state index is -4.12. The van der Waals surface area contributed by atoms with Gasteiger partial charge < -0.3 is 5.11 Å². The molecule has 0 fully saturated rings. The fourth-order valence-electron chi connectivity index (χ4n) is 0.466. The fraction of sp³-hybridized carbons (Fsp3) is 1.00. The van der Waals surface area contributed by atoms with Crippen LogP contribution in [0.5, 0.6) is 0 Å². The van der Waals surface area contributed by atoms with Crippen molar-refractivity contribution in [1.29, 1.82) is 0 Å². The van der Waals surface area contributed by atoms with Crippen molar-refractivity contribution in [1.82, 2.24) is 4.31 Å². The summed E-state index contributed by atoms with van der Waals surface area (Å²) in [6.07, 6.45) is -0.771. The number of aliphatic hydroxyl groups excluding tert-OH is 1. The van der Waals surface area contributed by atoms with Crippen molar-refractivity contribution in [3.63, 3.8) is 0 Å². The van der Waals surface area contributed by atoms with E-state index in [1.165, 1.54) is 14.0 Å². The van der Waals surface area contributed by atoms with Gasteiger partial charge in [-0.25, -0.2) is 0 Å². The predicted octanol–water partition coefficient (Wildman–Crippen LogP) is -0.898. The van der Waals surface area contributed by atoms with E-state index < -0.39 is 16.4 Å². The molecule has 0 aliphatic heterocycles. The quantitative estimate of drug-likeness (QED) is 0.537. The Hall–Kier alpha value is -0.170. The SMILES string of the molecule is CC(O)CN(C)S(=O)(=O)O. The third-order valence-electron chi connectivity index (χ3n) is 0.915. The average molecular weight is 169 g/mol. The Morgan fingerprint density at radius 1 is 1.60 bits per heavy atom. The zero-order chi connectivity index (χ0) is 8.36. The summed E-state index contributed by atoms with van der Waals surface area (Å²) in [6.45, 7) is 1.33. The first-order chi connectivity index (χ1) is 4.34. The van der Waals surface area contributed by atoms with Crippen LogP contribution in [0.4, 0.5) is 0 Å². The minimum absolute atomic E-state index is 0.0984. The van der Waals surface area contributed by atoms with Crippen molar-refractivity contribution >= 4 is 10.3 Å². The second-order valence-corrected chi connectivity index (χ2v) is 3.63. The smallest absolute Gasteiger partial charge is 0.335 e. The highest BCUT2D eigenvalue weighted by Gasteiger charge is 2.14. The molecule has 62 valence electrons. The molecule has 0 radical (unpaired) electrons. The number of rotatable bonds is 3. The zero-order valence-electron chi connectivity index (χ0n) is 5.85. The van der Waals surface area contributed by atoms with Crippen LogP contribution in [0.15, 0.2) is 0 Å². The molecule has 0 aromatic heterocycles. The van der Waals surface area contributed by atoms with Crippen LogP contribution in [0.3, 0.4) is 0 Å². The van der Waals surface area contributed by atoms with Gasteiger partial charge in [-0.3, -0.25) is 4.55 Å². The molecule has 0 saturated carbocycles. The number of likely N-dealkylation sites (N-methyl/N-ethyl adjacent to an activating group) is 1. The van der Waals surface area contributed by atoms with Crippen molar-refractivity contribution in [2.75, 3.05) is 13.6 Å². The summed E-state index contributed by atoms with van der Waals surface area (Å²) in [5, 5.41) is 8.67. The van der Waals surface area contributed by atoms with Gasteiger partial charge in [-0.15, -0.1) is 0 Å². The van der Waals surface area contributed by atoms with Crippen LogP contribution < -0.4 is 0 Å². The predicted molar refractivity (Wildman–Crippen MR) is 35.9 cm³/mol. The normalized spacial score (nSPS) is 15.7. The lowest BCUT2D eigenvalue weighted by atomic mass is 10.4. The molecule has 0 bridgehead atoms. The molecule has 5 nitrogen and oxygen atoms in total. The number of hydrogen-bond donors (Lipinski definition) is 2. The third kappa shape index (κ3) is 3.78. The highest BCUT2D eigenvalue weighted by molar-refractivity contribution is 7.83. The maximum atomic E-state index is 10.2. The summed E-state index contributed by atoms with van der Waals surface area (Å²) < 4.78 is 29.5. The molecule has 1 unspecified atom stereocenters. The van der Waals surface area contributed by atoms with Gasteiger partial charge in [0, 0.05) is 13.6 Å². The number of hydrogen-bond acceptors (Lipinski definition) is 3. The van der Waals surface area contributed by atoms with E-state index in [9.17, 15) is 8.42 Å². The van der Waals surface area contributed by atoms with Crippen LogP contribution in [-0.2, 0) is 10.3 Å². The maximum absolute atomic E-state index is 10.2. The van der Waals surface area contributed by atoms with Gasteiger partial charge in [0.25, 0.3) is 0 Å². The van der Waals surface area contributed by atoms with Gasteiger partial charge >= 0.3 is 10.3 Å². The topological polar surface area (TPSA) is 77.8 Å². The van der Waals surface area contributed by atoms with E-state index in [-0.39, 0.29) is 6.54 Å². The van der Waals surface area contributed by atoms with E-state index in [4.69, 9.17) is 9.66 Å². The number of aliphatic hydroxyl groups is 1. The largest absolute Gasteiger partial charge is 0.392 e. The molecular weight excluding hydrogens is 158 g/mol. The van der Waals surface area contributed by atoms with Crippen LogP contribution in [0, 0.1) is 0 Å². The van der Waals surface area contributed by atoms with E-state index in [1.807, 2.05) is 0 Å². The molecule has 2 N–H and O–H groups in total. The lowest BCUT2D eigenvalue weighted by Gasteiger charge is -2.13. The molecule has 10 heavy (non-hydrogen) atoms. The van der Waals surface area contributed by atoms with Crippen molar-refractivity contribution in [3.05, 3.63) is 0 Å². The van der Waals surface area contributed by atoms with E-state index in [0.717, 1.165) is 0 Å². The van der Waals surface area contributed by atoms with Crippen LogP contribution >= 0.6 is 0 Å².